The number of para-hydroxylation sites is 1. The van der Waals surface area contributed by atoms with Gasteiger partial charge in [-0.05, 0) is 36.0 Å². The van der Waals surface area contributed by atoms with Crippen LogP contribution in [0.4, 0.5) is 0 Å². The average Bonchev–Trinajstić information content (AvgIpc) is 3.55. The van der Waals surface area contributed by atoms with Crippen molar-refractivity contribution in [1.29, 1.82) is 0 Å². The first-order chi connectivity index (χ1) is 14.1. The number of nitrogens with zero attached hydrogens (tertiary/aromatic N) is 1. The number of hydrogen-bond acceptors (Lipinski definition) is 4. The summed E-state index contributed by atoms with van der Waals surface area (Å²) < 4.78 is 5.73. The second-order valence-corrected chi connectivity index (χ2v) is 8.18. The van der Waals surface area contributed by atoms with Crippen LogP contribution in [0.25, 0.3) is 0 Å². The highest BCUT2D eigenvalue weighted by molar-refractivity contribution is 5.92. The van der Waals surface area contributed by atoms with Gasteiger partial charge in [-0.25, -0.2) is 0 Å². The van der Waals surface area contributed by atoms with Gasteiger partial charge >= 0.3 is 0 Å². The third-order valence-electron chi connectivity index (χ3n) is 6.09. The van der Waals surface area contributed by atoms with E-state index >= 15 is 0 Å². The van der Waals surface area contributed by atoms with E-state index in [1.165, 1.54) is 0 Å². The molecule has 2 aliphatic heterocycles. The van der Waals surface area contributed by atoms with Gasteiger partial charge in [-0.2, -0.15) is 0 Å². The topological polar surface area (TPSA) is 78.9 Å². The molecule has 2 aromatic carbocycles. The Balaban J connectivity index is 1.41. The minimum absolute atomic E-state index is 0.0125. The van der Waals surface area contributed by atoms with Gasteiger partial charge in [-0.15, -0.1) is 0 Å². The Morgan fingerprint density at radius 3 is 2.62 bits per heavy atom. The monoisotopic (exact) mass is 392 g/mol. The Kier molecular flexibility index (Phi) is 4.51. The standard InChI is InChI=1S/C23H24N2O4/c26-20-11-15-5-1-2-6-16(15)21(25(20)12-14-9-10-14)23(28)24-18-13-29-19-8-4-3-7-17(19)22(18)27/h1-8,14,18,21-22,27H,9-13H2,(H,24,28)/t18-,21-,22-/m0/s1. The zero-order valence-corrected chi connectivity index (χ0v) is 16.1. The number of amides is 2. The van der Waals surface area contributed by atoms with Crippen molar-refractivity contribution in [2.75, 3.05) is 13.2 Å². The van der Waals surface area contributed by atoms with E-state index in [0.717, 1.165) is 24.0 Å². The molecule has 6 heteroatoms. The molecular weight excluding hydrogens is 368 g/mol. The molecule has 3 aliphatic rings. The molecule has 1 saturated carbocycles. The maximum absolute atomic E-state index is 13.4. The van der Waals surface area contributed by atoms with Crippen LogP contribution in [0.2, 0.25) is 0 Å². The van der Waals surface area contributed by atoms with Crippen molar-refractivity contribution < 1.29 is 19.4 Å². The molecular formula is C23H24N2O4. The van der Waals surface area contributed by atoms with Crippen LogP contribution in [-0.2, 0) is 16.0 Å². The van der Waals surface area contributed by atoms with Crippen LogP contribution in [0.1, 0.15) is 41.7 Å². The Morgan fingerprint density at radius 1 is 1.10 bits per heavy atom. The summed E-state index contributed by atoms with van der Waals surface area (Å²) in [5.74, 6) is 0.841. The molecule has 150 valence electrons. The van der Waals surface area contributed by atoms with Crippen LogP contribution in [0.15, 0.2) is 48.5 Å². The summed E-state index contributed by atoms with van der Waals surface area (Å²) in [5, 5.41) is 13.7. The first-order valence-electron chi connectivity index (χ1n) is 10.2. The van der Waals surface area contributed by atoms with Gasteiger partial charge in [0.15, 0.2) is 0 Å². The lowest BCUT2D eigenvalue weighted by atomic mass is 9.90. The molecule has 1 aliphatic carbocycles. The fourth-order valence-electron chi connectivity index (χ4n) is 4.33. The van der Waals surface area contributed by atoms with E-state index in [-0.39, 0.29) is 18.4 Å². The van der Waals surface area contributed by atoms with Crippen LogP contribution in [-0.4, -0.2) is 41.0 Å². The molecule has 0 bridgehead atoms. The Labute approximate surface area is 169 Å². The summed E-state index contributed by atoms with van der Waals surface area (Å²) in [6.07, 6.45) is 1.68. The van der Waals surface area contributed by atoms with Crippen LogP contribution in [0, 0.1) is 5.92 Å². The lowest BCUT2D eigenvalue weighted by Crippen LogP contribution is -2.53. The Hall–Kier alpha value is -2.86. The molecule has 6 nitrogen and oxygen atoms in total. The maximum Gasteiger partial charge on any atom is 0.247 e. The van der Waals surface area contributed by atoms with Gasteiger partial charge in [0.2, 0.25) is 11.8 Å². The number of benzene rings is 2. The Bertz CT molecular complexity index is 955. The molecule has 2 heterocycles. The quantitative estimate of drug-likeness (QED) is 0.836. The van der Waals surface area contributed by atoms with Crippen LogP contribution < -0.4 is 10.1 Å². The van der Waals surface area contributed by atoms with Crippen LogP contribution in [0.3, 0.4) is 0 Å². The molecule has 29 heavy (non-hydrogen) atoms. The number of aliphatic hydroxyl groups is 1. The summed E-state index contributed by atoms with van der Waals surface area (Å²) in [6.45, 7) is 0.798. The van der Waals surface area contributed by atoms with Crippen molar-refractivity contribution in [3.8, 4) is 5.75 Å². The van der Waals surface area contributed by atoms with E-state index in [1.54, 1.807) is 11.0 Å². The molecule has 0 aromatic heterocycles. The predicted molar refractivity (Wildman–Crippen MR) is 106 cm³/mol. The fourth-order valence-corrected chi connectivity index (χ4v) is 4.33. The highest BCUT2D eigenvalue weighted by Gasteiger charge is 2.41. The zero-order valence-electron chi connectivity index (χ0n) is 16.1. The largest absolute Gasteiger partial charge is 0.491 e. The van der Waals surface area contributed by atoms with Crippen molar-refractivity contribution in [3.63, 3.8) is 0 Å². The number of fused-ring (bicyclic) bond motifs is 2. The predicted octanol–water partition coefficient (Wildman–Crippen LogP) is 2.13. The highest BCUT2D eigenvalue weighted by Crippen LogP contribution is 2.37. The fraction of sp³-hybridized carbons (Fsp3) is 0.391. The van der Waals surface area contributed by atoms with Gasteiger partial charge in [0.1, 0.15) is 24.5 Å². The second-order valence-electron chi connectivity index (χ2n) is 8.18. The Morgan fingerprint density at radius 2 is 1.83 bits per heavy atom. The number of carbonyl (C=O) groups is 2. The molecule has 0 unspecified atom stereocenters. The molecule has 0 saturated heterocycles. The van der Waals surface area contributed by atoms with Gasteiger partial charge in [0.05, 0.1) is 12.5 Å². The summed E-state index contributed by atoms with van der Waals surface area (Å²) in [7, 11) is 0. The van der Waals surface area contributed by atoms with Gasteiger partial charge in [0.25, 0.3) is 0 Å². The molecule has 2 aromatic rings. The van der Waals surface area contributed by atoms with E-state index in [2.05, 4.69) is 5.32 Å². The third kappa shape index (κ3) is 3.38. The second kappa shape index (κ2) is 7.19. The van der Waals surface area contributed by atoms with Crippen LogP contribution in [0.5, 0.6) is 5.75 Å². The zero-order chi connectivity index (χ0) is 20.0. The lowest BCUT2D eigenvalue weighted by Gasteiger charge is -2.38. The number of hydrogen-bond donors (Lipinski definition) is 2. The molecule has 1 fully saturated rings. The van der Waals surface area contributed by atoms with Crippen LogP contribution >= 0.6 is 0 Å². The van der Waals surface area contributed by atoms with Crippen molar-refractivity contribution in [3.05, 3.63) is 65.2 Å². The SMILES string of the molecule is O=C(N[C@H]1COc2ccccc2[C@@H]1O)[C@@H]1c2ccccc2CC(=O)N1CC1CC1. The first-order valence-corrected chi connectivity index (χ1v) is 10.2. The van der Waals surface area contributed by atoms with E-state index in [9.17, 15) is 14.7 Å². The van der Waals surface area contributed by atoms with E-state index < -0.39 is 18.2 Å². The molecule has 3 atom stereocenters. The highest BCUT2D eigenvalue weighted by atomic mass is 16.5. The minimum Gasteiger partial charge on any atom is -0.491 e. The van der Waals surface area contributed by atoms with Crippen molar-refractivity contribution in [2.24, 2.45) is 5.92 Å². The van der Waals surface area contributed by atoms with Crippen molar-refractivity contribution in [1.82, 2.24) is 10.2 Å². The summed E-state index contributed by atoms with van der Waals surface area (Å²) in [5.41, 5.74) is 2.44. The molecule has 0 spiro atoms. The summed E-state index contributed by atoms with van der Waals surface area (Å²) in [4.78, 5) is 27.9. The van der Waals surface area contributed by atoms with E-state index in [0.29, 0.717) is 30.2 Å². The summed E-state index contributed by atoms with van der Waals surface area (Å²) in [6, 6.07) is 13.7. The first kappa shape index (κ1) is 18.2. The average molecular weight is 392 g/mol. The number of carbonyl (C=O) groups excluding carboxylic acids is 2. The van der Waals surface area contributed by atoms with Gasteiger partial charge in [0, 0.05) is 12.1 Å². The number of aliphatic hydroxyl groups excluding tert-OH is 1. The van der Waals surface area contributed by atoms with Crippen molar-refractivity contribution >= 4 is 11.8 Å². The van der Waals surface area contributed by atoms with Gasteiger partial charge in [-0.3, -0.25) is 9.59 Å². The smallest absolute Gasteiger partial charge is 0.247 e. The number of rotatable bonds is 4. The molecule has 2 N–H and O–H groups in total. The molecule has 5 rings (SSSR count). The van der Waals surface area contributed by atoms with E-state index in [4.69, 9.17) is 4.74 Å². The summed E-state index contributed by atoms with van der Waals surface area (Å²) >= 11 is 0. The number of ether oxygens (including phenoxy) is 1. The number of nitrogens with one attached hydrogen (secondary N) is 1. The minimum atomic E-state index is -0.852. The van der Waals surface area contributed by atoms with Gasteiger partial charge < -0.3 is 20.1 Å². The van der Waals surface area contributed by atoms with E-state index in [1.807, 2.05) is 42.5 Å². The maximum atomic E-state index is 13.4. The normalized spacial score (nSPS) is 25.6. The lowest BCUT2D eigenvalue weighted by molar-refractivity contribution is -0.142. The molecule has 2 amide bonds. The van der Waals surface area contributed by atoms with Crippen molar-refractivity contribution in [2.45, 2.75) is 37.5 Å². The third-order valence-corrected chi connectivity index (χ3v) is 6.09. The molecule has 0 radical (unpaired) electrons. The van der Waals surface area contributed by atoms with Gasteiger partial charge in [-0.1, -0.05) is 42.5 Å².